The first-order chi connectivity index (χ1) is 11.6. The molecule has 0 bridgehead atoms. The number of hydrogen-bond donors (Lipinski definition) is 0. The van der Waals surface area contributed by atoms with Crippen LogP contribution in [0.5, 0.6) is 0 Å². The summed E-state index contributed by atoms with van der Waals surface area (Å²) >= 11 is -3.38. The molecule has 2 rings (SSSR count). The number of benzene rings is 2. The van der Waals surface area contributed by atoms with E-state index in [2.05, 4.69) is 119 Å². The van der Waals surface area contributed by atoms with Gasteiger partial charge in [-0.05, 0) is 0 Å². The van der Waals surface area contributed by atoms with Crippen molar-refractivity contribution in [3.05, 3.63) is 60.7 Å². The maximum absolute atomic E-state index is 3.85. The van der Waals surface area contributed by atoms with E-state index >= 15 is 0 Å². The average Bonchev–Trinajstić information content (AvgIpc) is 2.55. The molecule has 0 unspecified atom stereocenters. The minimum atomic E-state index is -3.38. The Balaban J connectivity index is 2.82. The molecule has 0 nitrogen and oxygen atoms in total. The van der Waals surface area contributed by atoms with E-state index in [0.717, 1.165) is 0 Å². The molecular weight excluding hydrogens is 439 g/mol. The van der Waals surface area contributed by atoms with Crippen molar-refractivity contribution >= 4 is 41.7 Å². The molecule has 2 aromatic rings. The Morgan fingerprint density at radius 2 is 0.880 bits per heavy atom. The van der Waals surface area contributed by atoms with Gasteiger partial charge in [0.2, 0.25) is 0 Å². The SMILES string of the molecule is C[Si](C)(C)C#[C][Sn]([C]#C[Si](C)(C)C)([c]1ccccc1)[c]1ccccc1. The van der Waals surface area contributed by atoms with Gasteiger partial charge >= 0.3 is 161 Å². The topological polar surface area (TPSA) is 0 Å². The summed E-state index contributed by atoms with van der Waals surface area (Å²) in [4.78, 5) is 0. The monoisotopic (exact) mass is 468 g/mol. The van der Waals surface area contributed by atoms with Crippen LogP contribution >= 0.6 is 0 Å². The van der Waals surface area contributed by atoms with Gasteiger partial charge in [0.15, 0.2) is 0 Å². The van der Waals surface area contributed by atoms with Gasteiger partial charge in [-0.3, -0.25) is 0 Å². The first kappa shape index (κ1) is 20.1. The van der Waals surface area contributed by atoms with Crippen molar-refractivity contribution in [2.75, 3.05) is 0 Å². The zero-order chi connectivity index (χ0) is 18.6. The molecule has 3 heteroatoms. The molecule has 128 valence electrons. The fraction of sp³-hybridized carbons (Fsp3) is 0.273. The van der Waals surface area contributed by atoms with E-state index in [1.165, 1.54) is 7.16 Å². The molecule has 0 heterocycles. The van der Waals surface area contributed by atoms with Gasteiger partial charge in [-0.25, -0.2) is 0 Å². The van der Waals surface area contributed by atoms with Crippen molar-refractivity contribution < 1.29 is 0 Å². The molecule has 0 aliphatic rings. The van der Waals surface area contributed by atoms with E-state index in [9.17, 15) is 0 Å². The molecule has 0 amide bonds. The zero-order valence-corrected chi connectivity index (χ0v) is 21.1. The van der Waals surface area contributed by atoms with Crippen LogP contribution in [0.2, 0.25) is 39.3 Å². The molecule has 0 aromatic heterocycles. The van der Waals surface area contributed by atoms with E-state index in [-0.39, 0.29) is 0 Å². The molecule has 25 heavy (non-hydrogen) atoms. The standard InChI is InChI=1S/2C6H5.2C5H9Si.Sn/c2*1-2-4-6-5-3-1;2*1-5-6(2,3)4;/h2*1-5H;2*2-4H3;. The third-order valence-corrected chi connectivity index (χ3v) is 16.5. The summed E-state index contributed by atoms with van der Waals surface area (Å²) in [5.74, 6) is 0. The molecular formula is C22H28Si2Sn. The summed E-state index contributed by atoms with van der Waals surface area (Å²) in [6.45, 7) is 13.9. The summed E-state index contributed by atoms with van der Waals surface area (Å²) in [7, 11) is -2.95. The van der Waals surface area contributed by atoms with Crippen LogP contribution in [0.4, 0.5) is 0 Å². The van der Waals surface area contributed by atoms with Gasteiger partial charge in [-0.15, -0.1) is 0 Å². The van der Waals surface area contributed by atoms with Gasteiger partial charge in [0.25, 0.3) is 0 Å². The summed E-state index contributed by atoms with van der Waals surface area (Å²) in [6, 6.07) is 21.7. The molecule has 0 N–H and O–H groups in total. The predicted molar refractivity (Wildman–Crippen MR) is 120 cm³/mol. The Labute approximate surface area is 160 Å². The molecule has 0 saturated carbocycles. The van der Waals surface area contributed by atoms with Crippen LogP contribution in [0.1, 0.15) is 0 Å². The molecule has 0 atom stereocenters. The first-order valence-corrected chi connectivity index (χ1v) is 21.5. The summed E-state index contributed by atoms with van der Waals surface area (Å²) < 4.78 is 10.4. The predicted octanol–water partition coefficient (Wildman–Crippen LogP) is 4.09. The number of rotatable bonds is 2. The molecule has 0 aliphatic heterocycles. The molecule has 0 fully saturated rings. The van der Waals surface area contributed by atoms with Crippen LogP contribution in [0.3, 0.4) is 0 Å². The van der Waals surface area contributed by atoms with E-state index in [1.807, 2.05) is 0 Å². The van der Waals surface area contributed by atoms with Gasteiger partial charge in [0, 0.05) is 0 Å². The fourth-order valence-electron chi connectivity index (χ4n) is 2.43. The van der Waals surface area contributed by atoms with Crippen molar-refractivity contribution in [3.8, 4) is 19.0 Å². The maximum atomic E-state index is 3.85. The molecule has 2 aromatic carbocycles. The fourth-order valence-corrected chi connectivity index (χ4v) is 19.9. The van der Waals surface area contributed by atoms with Crippen LogP contribution < -0.4 is 7.16 Å². The summed E-state index contributed by atoms with van der Waals surface area (Å²) in [5, 5.41) is 0. The van der Waals surface area contributed by atoms with E-state index in [4.69, 9.17) is 0 Å². The minimum absolute atomic E-state index is 1.37. The van der Waals surface area contributed by atoms with Gasteiger partial charge < -0.3 is 0 Å². The second-order valence-corrected chi connectivity index (χ2v) is 27.0. The van der Waals surface area contributed by atoms with Crippen LogP contribution in [-0.4, -0.2) is 34.5 Å². The molecule has 0 saturated heterocycles. The second-order valence-electron chi connectivity index (χ2n) is 8.48. The second kappa shape index (κ2) is 8.00. The molecule has 0 aliphatic carbocycles. The Hall–Kier alpha value is -1.21. The van der Waals surface area contributed by atoms with Gasteiger partial charge in [-0.2, -0.15) is 0 Å². The Morgan fingerprint density at radius 3 is 1.16 bits per heavy atom. The van der Waals surface area contributed by atoms with E-state index < -0.39 is 34.5 Å². The van der Waals surface area contributed by atoms with E-state index in [1.54, 1.807) is 0 Å². The third kappa shape index (κ3) is 5.92. The summed E-state index contributed by atoms with van der Waals surface area (Å²) in [5.41, 5.74) is 7.38. The van der Waals surface area contributed by atoms with Crippen LogP contribution in [-0.2, 0) is 0 Å². The van der Waals surface area contributed by atoms with E-state index in [0.29, 0.717) is 0 Å². The van der Waals surface area contributed by atoms with Crippen molar-refractivity contribution in [1.29, 1.82) is 0 Å². The van der Waals surface area contributed by atoms with Crippen molar-refractivity contribution in [3.63, 3.8) is 0 Å². The van der Waals surface area contributed by atoms with Gasteiger partial charge in [0.1, 0.15) is 0 Å². The van der Waals surface area contributed by atoms with Crippen LogP contribution in [0.15, 0.2) is 60.7 Å². The number of hydrogen-bond acceptors (Lipinski definition) is 0. The Morgan fingerprint density at radius 1 is 0.560 bits per heavy atom. The zero-order valence-electron chi connectivity index (χ0n) is 16.3. The van der Waals surface area contributed by atoms with Crippen LogP contribution in [0, 0.1) is 19.0 Å². The van der Waals surface area contributed by atoms with Crippen LogP contribution in [0.25, 0.3) is 0 Å². The third-order valence-electron chi connectivity index (χ3n) is 3.66. The van der Waals surface area contributed by atoms with Crippen molar-refractivity contribution in [2.24, 2.45) is 0 Å². The van der Waals surface area contributed by atoms with Gasteiger partial charge in [-0.1, -0.05) is 0 Å². The van der Waals surface area contributed by atoms with Crippen molar-refractivity contribution in [1.82, 2.24) is 0 Å². The normalized spacial score (nSPS) is 11.8. The van der Waals surface area contributed by atoms with Crippen molar-refractivity contribution in [2.45, 2.75) is 39.3 Å². The Kier molecular flexibility index (Phi) is 6.43. The first-order valence-electron chi connectivity index (χ1n) is 8.82. The quantitative estimate of drug-likeness (QED) is 0.461. The molecule has 0 radical (unpaired) electrons. The average molecular weight is 467 g/mol. The molecule has 0 spiro atoms. The van der Waals surface area contributed by atoms with Gasteiger partial charge in [0.05, 0.1) is 0 Å². The Bertz CT molecular complexity index is 747. The summed E-state index contributed by atoms with van der Waals surface area (Å²) in [6.07, 6.45) is 0.